The zero-order valence-corrected chi connectivity index (χ0v) is 11.2. The monoisotopic (exact) mass is 288 g/mol. The van der Waals surface area contributed by atoms with E-state index in [1.165, 1.54) is 12.1 Å². The van der Waals surface area contributed by atoms with Crippen LogP contribution in [-0.4, -0.2) is 18.6 Å². The van der Waals surface area contributed by atoms with Crippen molar-refractivity contribution in [3.05, 3.63) is 29.8 Å². The number of hydrogen-bond acceptors (Lipinski definition) is 3. The summed E-state index contributed by atoms with van der Waals surface area (Å²) in [6.07, 6.45) is 0. The molecule has 1 aromatic rings. The molecule has 0 saturated heterocycles. The predicted molar refractivity (Wildman–Crippen MR) is 71.6 cm³/mol. The minimum absolute atomic E-state index is 0.106. The van der Waals surface area contributed by atoms with Crippen molar-refractivity contribution in [2.45, 2.75) is 23.4 Å². The van der Waals surface area contributed by atoms with Crippen LogP contribution >= 0.6 is 11.8 Å². The zero-order chi connectivity index (χ0) is 14.3. The second-order valence-corrected chi connectivity index (χ2v) is 4.85. The number of alkyl halides is 3. The first-order valence-corrected chi connectivity index (χ1v) is 6.46. The van der Waals surface area contributed by atoms with Crippen LogP contribution in [-0.2, 0) is 0 Å². The molecule has 0 amide bonds. The van der Waals surface area contributed by atoms with Gasteiger partial charge >= 0.3 is 5.51 Å². The van der Waals surface area contributed by atoms with Crippen LogP contribution < -0.4 is 11.1 Å². The van der Waals surface area contributed by atoms with Crippen LogP contribution in [0, 0.1) is 11.8 Å². The first-order valence-electron chi connectivity index (χ1n) is 5.65. The minimum Gasteiger partial charge on any atom is -0.329 e. The van der Waals surface area contributed by atoms with Crippen molar-refractivity contribution in [3.8, 4) is 11.8 Å². The Balaban J connectivity index is 2.69. The lowest BCUT2D eigenvalue weighted by Crippen LogP contribution is -2.28. The van der Waals surface area contributed by atoms with E-state index in [1.807, 2.05) is 0 Å². The van der Waals surface area contributed by atoms with Crippen LogP contribution in [0.3, 0.4) is 0 Å². The summed E-state index contributed by atoms with van der Waals surface area (Å²) in [5.41, 5.74) is 2.22. The van der Waals surface area contributed by atoms with Gasteiger partial charge in [-0.1, -0.05) is 18.1 Å². The fourth-order valence-corrected chi connectivity index (χ4v) is 2.04. The Labute approximate surface area is 114 Å². The van der Waals surface area contributed by atoms with E-state index in [9.17, 15) is 13.2 Å². The molecule has 0 aliphatic rings. The molecule has 0 saturated carbocycles. The number of hydrogen-bond donors (Lipinski definition) is 2. The van der Waals surface area contributed by atoms with E-state index in [-0.39, 0.29) is 22.7 Å². The summed E-state index contributed by atoms with van der Waals surface area (Å²) in [7, 11) is 0. The van der Waals surface area contributed by atoms with E-state index in [4.69, 9.17) is 5.73 Å². The summed E-state index contributed by atoms with van der Waals surface area (Å²) < 4.78 is 36.6. The third-order valence-corrected chi connectivity index (χ3v) is 3.10. The Hall–Kier alpha value is -1.16. The Morgan fingerprint density at radius 3 is 2.42 bits per heavy atom. The first-order chi connectivity index (χ1) is 8.96. The molecule has 104 valence electrons. The minimum atomic E-state index is -4.26. The van der Waals surface area contributed by atoms with Crippen molar-refractivity contribution in [3.63, 3.8) is 0 Å². The van der Waals surface area contributed by atoms with Gasteiger partial charge < -0.3 is 5.73 Å². The Kier molecular flexibility index (Phi) is 6.22. The van der Waals surface area contributed by atoms with Gasteiger partial charge in [-0.15, -0.1) is 5.92 Å². The smallest absolute Gasteiger partial charge is 0.329 e. The lowest BCUT2D eigenvalue weighted by molar-refractivity contribution is -0.0328. The number of thioether (sulfide) groups is 1. The molecule has 19 heavy (non-hydrogen) atoms. The van der Waals surface area contributed by atoms with Gasteiger partial charge in [0.1, 0.15) is 0 Å². The molecule has 0 fully saturated rings. The van der Waals surface area contributed by atoms with Crippen LogP contribution in [0.2, 0.25) is 0 Å². The molecule has 2 nitrogen and oxygen atoms in total. The van der Waals surface area contributed by atoms with Gasteiger partial charge in [-0.05, 0) is 36.4 Å². The number of benzene rings is 1. The Bertz CT molecular complexity index is 446. The maximum atomic E-state index is 12.2. The molecule has 1 unspecified atom stereocenters. The van der Waals surface area contributed by atoms with E-state index in [0.29, 0.717) is 13.1 Å². The average Bonchev–Trinajstić information content (AvgIpc) is 2.34. The second-order valence-electron chi connectivity index (χ2n) is 3.71. The number of nitrogens with one attached hydrogen (secondary N) is 1. The fourth-order valence-electron chi connectivity index (χ4n) is 1.50. The molecule has 1 aromatic carbocycles. The zero-order valence-electron chi connectivity index (χ0n) is 10.4. The number of rotatable bonds is 5. The summed E-state index contributed by atoms with van der Waals surface area (Å²) in [6, 6.07) is 6.09. The first kappa shape index (κ1) is 15.9. The summed E-state index contributed by atoms with van der Waals surface area (Å²) in [4.78, 5) is 0.167. The molecular weight excluding hydrogens is 273 g/mol. The van der Waals surface area contributed by atoms with Gasteiger partial charge in [0.2, 0.25) is 0 Å². The summed E-state index contributed by atoms with van der Waals surface area (Å²) in [5.74, 6) is 5.61. The lowest BCUT2D eigenvalue weighted by Gasteiger charge is -2.16. The average molecular weight is 288 g/mol. The van der Waals surface area contributed by atoms with E-state index >= 15 is 0 Å². The maximum absolute atomic E-state index is 12.2. The predicted octanol–water partition coefficient (Wildman–Crippen LogP) is 2.91. The summed E-state index contributed by atoms with van der Waals surface area (Å²) >= 11 is -0.124. The highest BCUT2D eigenvalue weighted by atomic mass is 32.2. The molecule has 0 aliphatic carbocycles. The van der Waals surface area contributed by atoms with Gasteiger partial charge in [-0.3, -0.25) is 5.32 Å². The molecule has 0 bridgehead atoms. The van der Waals surface area contributed by atoms with Crippen LogP contribution in [0.4, 0.5) is 13.2 Å². The molecule has 0 heterocycles. The second kappa shape index (κ2) is 7.43. The van der Waals surface area contributed by atoms with Crippen LogP contribution in [0.25, 0.3) is 0 Å². The maximum Gasteiger partial charge on any atom is 0.446 e. The van der Waals surface area contributed by atoms with Gasteiger partial charge in [0.15, 0.2) is 0 Å². The van der Waals surface area contributed by atoms with Crippen LogP contribution in [0.5, 0.6) is 0 Å². The number of halogens is 3. The molecule has 3 N–H and O–H groups in total. The third-order valence-electron chi connectivity index (χ3n) is 2.37. The summed E-state index contributed by atoms with van der Waals surface area (Å²) in [5, 5.41) is 3.13. The highest BCUT2D eigenvalue weighted by molar-refractivity contribution is 8.00. The number of nitrogens with two attached hydrogens (primary N) is 1. The highest BCUT2D eigenvalue weighted by Gasteiger charge is 2.29. The van der Waals surface area contributed by atoms with Gasteiger partial charge in [0, 0.05) is 17.5 Å². The largest absolute Gasteiger partial charge is 0.446 e. The van der Waals surface area contributed by atoms with Crippen molar-refractivity contribution in [2.24, 2.45) is 5.73 Å². The molecule has 1 rings (SSSR count). The van der Waals surface area contributed by atoms with Gasteiger partial charge in [-0.2, -0.15) is 13.2 Å². The topological polar surface area (TPSA) is 38.0 Å². The SMILES string of the molecule is CC#CCNC(CN)c1ccc(SC(F)(F)F)cc1. The van der Waals surface area contributed by atoms with Gasteiger partial charge in [0.05, 0.1) is 6.54 Å². The fraction of sp³-hybridized carbons (Fsp3) is 0.385. The summed E-state index contributed by atoms with van der Waals surface area (Å²) in [6.45, 7) is 2.59. The Morgan fingerprint density at radius 1 is 1.32 bits per heavy atom. The van der Waals surface area contributed by atoms with Crippen molar-refractivity contribution in [2.75, 3.05) is 13.1 Å². The molecule has 0 aromatic heterocycles. The molecule has 0 aliphatic heterocycles. The van der Waals surface area contributed by atoms with Crippen molar-refractivity contribution in [1.29, 1.82) is 0 Å². The van der Waals surface area contributed by atoms with E-state index in [2.05, 4.69) is 17.2 Å². The lowest BCUT2D eigenvalue weighted by atomic mass is 10.1. The van der Waals surface area contributed by atoms with E-state index in [0.717, 1.165) is 5.56 Å². The van der Waals surface area contributed by atoms with E-state index in [1.54, 1.807) is 19.1 Å². The van der Waals surface area contributed by atoms with Gasteiger partial charge in [-0.25, -0.2) is 0 Å². The molecule has 0 radical (unpaired) electrons. The van der Waals surface area contributed by atoms with Crippen LogP contribution in [0.1, 0.15) is 18.5 Å². The van der Waals surface area contributed by atoms with E-state index < -0.39 is 5.51 Å². The van der Waals surface area contributed by atoms with Crippen molar-refractivity contribution in [1.82, 2.24) is 5.32 Å². The van der Waals surface area contributed by atoms with Gasteiger partial charge in [0.25, 0.3) is 0 Å². The molecule has 1 atom stereocenters. The molecular formula is C13H15F3N2S. The molecule has 6 heteroatoms. The van der Waals surface area contributed by atoms with Crippen molar-refractivity contribution >= 4 is 11.8 Å². The van der Waals surface area contributed by atoms with Crippen LogP contribution in [0.15, 0.2) is 29.2 Å². The third kappa shape index (κ3) is 6.01. The molecule has 0 spiro atoms. The highest BCUT2D eigenvalue weighted by Crippen LogP contribution is 2.36. The standard InChI is InChI=1S/C13H15F3N2S/c1-2-3-8-18-12(9-17)10-4-6-11(7-5-10)19-13(14,15)16/h4-7,12,18H,8-9,17H2,1H3. The van der Waals surface area contributed by atoms with Crippen molar-refractivity contribution < 1.29 is 13.2 Å². The normalized spacial score (nSPS) is 12.7. The Morgan fingerprint density at radius 2 is 1.95 bits per heavy atom. The quantitative estimate of drug-likeness (QED) is 0.646.